The summed E-state index contributed by atoms with van der Waals surface area (Å²) in [4.78, 5) is 17.1. The molecule has 0 bridgehead atoms. The molecule has 4 nitrogen and oxygen atoms in total. The van der Waals surface area contributed by atoms with E-state index in [-0.39, 0.29) is 5.91 Å². The monoisotopic (exact) mass is 311 g/mol. The molecule has 0 fully saturated rings. The number of thiazole rings is 1. The van der Waals surface area contributed by atoms with Gasteiger partial charge in [0.05, 0.1) is 10.7 Å². The summed E-state index contributed by atoms with van der Waals surface area (Å²) in [7, 11) is 0. The van der Waals surface area contributed by atoms with Crippen LogP contribution in [0.2, 0.25) is 10.0 Å². The molecule has 0 saturated carbocycles. The fourth-order valence-corrected chi connectivity index (χ4v) is 2.95. The number of hydrogen-bond acceptors (Lipinski definition) is 3. The Bertz CT molecular complexity index is 765. The smallest absolute Gasteiger partial charge is 0.273 e. The quantitative estimate of drug-likeness (QED) is 0.778. The van der Waals surface area contributed by atoms with Crippen molar-refractivity contribution in [2.45, 2.75) is 0 Å². The highest BCUT2D eigenvalue weighted by atomic mass is 35.5. The summed E-state index contributed by atoms with van der Waals surface area (Å²) in [5, 5.41) is 5.43. The van der Waals surface area contributed by atoms with Crippen LogP contribution in [0.5, 0.6) is 0 Å². The van der Waals surface area contributed by atoms with Gasteiger partial charge in [0, 0.05) is 22.8 Å². The van der Waals surface area contributed by atoms with Crippen LogP contribution in [0.25, 0.3) is 4.96 Å². The summed E-state index contributed by atoms with van der Waals surface area (Å²) < 4.78 is 1.73. The van der Waals surface area contributed by atoms with Gasteiger partial charge in [-0.1, -0.05) is 23.2 Å². The Labute approximate surface area is 122 Å². The van der Waals surface area contributed by atoms with Crippen LogP contribution >= 0.6 is 34.5 Å². The molecule has 19 heavy (non-hydrogen) atoms. The number of carbonyl (C=O) groups excluding carboxylic acids is 1. The van der Waals surface area contributed by atoms with E-state index in [9.17, 15) is 4.79 Å². The second-order valence-corrected chi connectivity index (χ2v) is 5.46. The molecule has 1 amide bonds. The number of hydrogen-bond donors (Lipinski definition) is 1. The summed E-state index contributed by atoms with van der Waals surface area (Å²) in [6.07, 6.45) is 3.39. The van der Waals surface area contributed by atoms with Gasteiger partial charge >= 0.3 is 0 Å². The lowest BCUT2D eigenvalue weighted by molar-refractivity contribution is 0.102. The van der Waals surface area contributed by atoms with Gasteiger partial charge in [-0.2, -0.15) is 0 Å². The summed E-state index contributed by atoms with van der Waals surface area (Å²) >= 11 is 13.2. The minimum Gasteiger partial charge on any atom is -0.319 e. The van der Waals surface area contributed by atoms with Crippen LogP contribution in [0.4, 0.5) is 5.69 Å². The number of nitrogens with zero attached hydrogens (tertiary/aromatic N) is 2. The molecule has 96 valence electrons. The number of nitrogens with one attached hydrogen (secondary N) is 1. The largest absolute Gasteiger partial charge is 0.319 e. The number of amides is 1. The number of carbonyl (C=O) groups is 1. The Hall–Kier alpha value is -1.56. The van der Waals surface area contributed by atoms with Crippen LogP contribution in [0, 0.1) is 0 Å². The molecule has 0 aliphatic heterocycles. The number of halogens is 2. The normalized spacial score (nSPS) is 10.8. The van der Waals surface area contributed by atoms with Crippen LogP contribution in [-0.4, -0.2) is 15.3 Å². The Morgan fingerprint density at radius 1 is 1.37 bits per heavy atom. The average Bonchev–Trinajstić information content (AvgIpc) is 2.94. The Morgan fingerprint density at radius 2 is 2.21 bits per heavy atom. The van der Waals surface area contributed by atoms with E-state index in [4.69, 9.17) is 23.2 Å². The molecule has 3 aromatic rings. The van der Waals surface area contributed by atoms with Crippen molar-refractivity contribution in [1.29, 1.82) is 0 Å². The summed E-state index contributed by atoms with van der Waals surface area (Å²) in [6.45, 7) is 0. The van der Waals surface area contributed by atoms with Crippen molar-refractivity contribution in [2.75, 3.05) is 5.32 Å². The highest BCUT2D eigenvalue weighted by Crippen LogP contribution is 2.26. The first kappa shape index (κ1) is 12.5. The van der Waals surface area contributed by atoms with Crippen LogP contribution in [0.3, 0.4) is 0 Å². The zero-order valence-electron chi connectivity index (χ0n) is 9.43. The van der Waals surface area contributed by atoms with E-state index in [0.717, 1.165) is 4.96 Å². The van der Waals surface area contributed by atoms with Gasteiger partial charge in [-0.3, -0.25) is 9.20 Å². The average molecular weight is 312 g/mol. The zero-order chi connectivity index (χ0) is 13.4. The van der Waals surface area contributed by atoms with Crippen molar-refractivity contribution in [1.82, 2.24) is 9.38 Å². The molecule has 0 radical (unpaired) electrons. The zero-order valence-corrected chi connectivity index (χ0v) is 11.8. The lowest BCUT2D eigenvalue weighted by Crippen LogP contribution is -2.14. The van der Waals surface area contributed by atoms with E-state index < -0.39 is 0 Å². The molecule has 0 aliphatic rings. The standard InChI is InChI=1S/C12H7Cl2N3OS/c13-7-1-2-9(8(14)5-7)16-11(18)10-6-19-12-15-3-4-17(10)12/h1-6H,(H,16,18). The highest BCUT2D eigenvalue weighted by molar-refractivity contribution is 7.15. The van der Waals surface area contributed by atoms with Crippen LogP contribution in [0.1, 0.15) is 10.5 Å². The minimum absolute atomic E-state index is 0.242. The van der Waals surface area contributed by atoms with Crippen LogP contribution in [0.15, 0.2) is 36.0 Å². The molecule has 0 spiro atoms. The number of imidazole rings is 1. The first-order valence-electron chi connectivity index (χ1n) is 5.32. The van der Waals surface area contributed by atoms with Crippen molar-refractivity contribution in [2.24, 2.45) is 0 Å². The topological polar surface area (TPSA) is 46.4 Å². The van der Waals surface area contributed by atoms with Gasteiger partial charge in [-0.25, -0.2) is 4.98 Å². The van der Waals surface area contributed by atoms with E-state index in [0.29, 0.717) is 21.4 Å². The number of anilines is 1. The van der Waals surface area contributed by atoms with Crippen molar-refractivity contribution >= 4 is 51.1 Å². The fraction of sp³-hybridized carbons (Fsp3) is 0. The Morgan fingerprint density at radius 3 is 3.00 bits per heavy atom. The first-order valence-corrected chi connectivity index (χ1v) is 6.95. The minimum atomic E-state index is -0.242. The third-order valence-corrected chi connectivity index (χ3v) is 3.96. The van der Waals surface area contributed by atoms with Crippen LogP contribution in [-0.2, 0) is 0 Å². The van der Waals surface area contributed by atoms with E-state index >= 15 is 0 Å². The van der Waals surface area contributed by atoms with Crippen molar-refractivity contribution in [3.63, 3.8) is 0 Å². The molecule has 1 aromatic carbocycles. The molecular formula is C12H7Cl2N3OS. The van der Waals surface area contributed by atoms with E-state index in [1.165, 1.54) is 11.3 Å². The summed E-state index contributed by atoms with van der Waals surface area (Å²) in [5.74, 6) is -0.242. The Balaban J connectivity index is 1.91. The van der Waals surface area contributed by atoms with E-state index in [1.54, 1.807) is 40.4 Å². The molecular weight excluding hydrogens is 305 g/mol. The molecule has 0 unspecified atom stereocenters. The molecule has 2 aromatic heterocycles. The maximum absolute atomic E-state index is 12.2. The summed E-state index contributed by atoms with van der Waals surface area (Å²) in [5.41, 5.74) is 1.04. The lowest BCUT2D eigenvalue weighted by atomic mass is 10.3. The number of rotatable bonds is 2. The fourth-order valence-electron chi connectivity index (χ4n) is 1.67. The predicted octanol–water partition coefficient (Wildman–Crippen LogP) is 3.95. The third kappa shape index (κ3) is 2.32. The van der Waals surface area contributed by atoms with Gasteiger partial charge in [0.25, 0.3) is 5.91 Å². The SMILES string of the molecule is O=C(Nc1ccc(Cl)cc1Cl)c1csc2nccn12. The molecule has 1 N–H and O–H groups in total. The van der Waals surface area contributed by atoms with Crippen molar-refractivity contribution < 1.29 is 4.79 Å². The second-order valence-electron chi connectivity index (χ2n) is 3.78. The van der Waals surface area contributed by atoms with Crippen molar-refractivity contribution in [3.05, 3.63) is 51.7 Å². The molecule has 2 heterocycles. The van der Waals surface area contributed by atoms with Gasteiger partial charge < -0.3 is 5.32 Å². The van der Waals surface area contributed by atoms with Gasteiger partial charge in [0.1, 0.15) is 5.69 Å². The third-order valence-electron chi connectivity index (χ3n) is 2.55. The first-order chi connectivity index (χ1) is 9.15. The van der Waals surface area contributed by atoms with Gasteiger partial charge in [-0.05, 0) is 18.2 Å². The Kier molecular flexibility index (Phi) is 3.18. The number of aromatic nitrogens is 2. The molecule has 0 aliphatic carbocycles. The van der Waals surface area contributed by atoms with Crippen molar-refractivity contribution in [3.8, 4) is 0 Å². The van der Waals surface area contributed by atoms with E-state index in [2.05, 4.69) is 10.3 Å². The molecule has 7 heteroatoms. The molecule has 0 atom stereocenters. The maximum Gasteiger partial charge on any atom is 0.273 e. The van der Waals surface area contributed by atoms with Crippen LogP contribution < -0.4 is 5.32 Å². The molecule has 3 rings (SSSR count). The van der Waals surface area contributed by atoms with Gasteiger partial charge in [0.2, 0.25) is 0 Å². The van der Waals surface area contributed by atoms with E-state index in [1.807, 2.05) is 0 Å². The summed E-state index contributed by atoms with van der Waals surface area (Å²) in [6, 6.07) is 4.92. The lowest BCUT2D eigenvalue weighted by Gasteiger charge is -2.06. The molecule has 0 saturated heterocycles. The van der Waals surface area contributed by atoms with Gasteiger partial charge in [-0.15, -0.1) is 11.3 Å². The maximum atomic E-state index is 12.2. The predicted molar refractivity (Wildman–Crippen MR) is 77.5 cm³/mol. The number of fused-ring (bicyclic) bond motifs is 1. The number of benzene rings is 1. The highest BCUT2D eigenvalue weighted by Gasteiger charge is 2.14. The van der Waals surface area contributed by atoms with Gasteiger partial charge in [0.15, 0.2) is 4.96 Å². The second kappa shape index (κ2) is 4.85.